The molecule has 0 radical (unpaired) electrons. The van der Waals surface area contributed by atoms with Gasteiger partial charge in [0, 0.05) is 0 Å². The van der Waals surface area contributed by atoms with E-state index < -0.39 is 9.84 Å². The lowest BCUT2D eigenvalue weighted by Gasteiger charge is -2.16. The van der Waals surface area contributed by atoms with Crippen molar-refractivity contribution in [2.24, 2.45) is 11.8 Å². The van der Waals surface area contributed by atoms with Gasteiger partial charge in [-0.15, -0.1) is 0 Å². The molecule has 1 aliphatic rings. The standard InChI is InChI=1S/C17H24O4S/c1-4-12(9-14-11-16(14)17(18)21-3)13-7-6-8-15(10-13)22(19,20)5-2/h6-8,10,12,14,16H,4-5,9,11H2,1-3H3. The van der Waals surface area contributed by atoms with Crippen molar-refractivity contribution in [1.29, 1.82) is 0 Å². The van der Waals surface area contributed by atoms with E-state index in [2.05, 4.69) is 6.92 Å². The van der Waals surface area contributed by atoms with Gasteiger partial charge in [-0.1, -0.05) is 26.0 Å². The summed E-state index contributed by atoms with van der Waals surface area (Å²) in [4.78, 5) is 11.9. The van der Waals surface area contributed by atoms with Gasteiger partial charge in [-0.05, 0) is 48.8 Å². The molecule has 3 atom stereocenters. The minimum atomic E-state index is -3.18. The molecule has 1 saturated carbocycles. The molecule has 1 aliphatic carbocycles. The molecule has 122 valence electrons. The van der Waals surface area contributed by atoms with Crippen molar-refractivity contribution in [3.63, 3.8) is 0 Å². The fourth-order valence-corrected chi connectivity index (χ4v) is 3.92. The van der Waals surface area contributed by atoms with Gasteiger partial charge in [0.25, 0.3) is 0 Å². The normalized spacial score (nSPS) is 22.1. The predicted octanol–water partition coefficient (Wildman–Crippen LogP) is 3.17. The van der Waals surface area contributed by atoms with E-state index in [-0.39, 0.29) is 23.6 Å². The third-order valence-corrected chi connectivity index (χ3v) is 6.31. The number of esters is 1. The molecule has 1 fully saturated rings. The van der Waals surface area contributed by atoms with Crippen LogP contribution < -0.4 is 0 Å². The molecule has 0 bridgehead atoms. The minimum absolute atomic E-state index is 0.0293. The summed E-state index contributed by atoms with van der Waals surface area (Å²) in [5.74, 6) is 0.666. The summed E-state index contributed by atoms with van der Waals surface area (Å²) < 4.78 is 28.8. The van der Waals surface area contributed by atoms with Gasteiger partial charge in [0.05, 0.1) is 23.7 Å². The summed E-state index contributed by atoms with van der Waals surface area (Å²) in [7, 11) is -1.75. The first-order valence-corrected chi connectivity index (χ1v) is 9.48. The van der Waals surface area contributed by atoms with Crippen LogP contribution in [0, 0.1) is 11.8 Å². The monoisotopic (exact) mass is 324 g/mol. The number of rotatable bonds is 7. The fraction of sp³-hybridized carbons (Fsp3) is 0.588. The molecule has 2 rings (SSSR count). The van der Waals surface area contributed by atoms with E-state index in [4.69, 9.17) is 4.74 Å². The molecule has 5 heteroatoms. The van der Waals surface area contributed by atoms with Gasteiger partial charge in [0.1, 0.15) is 0 Å². The molecule has 0 spiro atoms. The van der Waals surface area contributed by atoms with Crippen LogP contribution in [0.2, 0.25) is 0 Å². The second kappa shape index (κ2) is 6.82. The molecule has 0 aromatic heterocycles. The third kappa shape index (κ3) is 3.69. The number of carbonyl (C=O) groups excluding carboxylic acids is 1. The van der Waals surface area contributed by atoms with E-state index in [1.807, 2.05) is 12.1 Å². The molecule has 22 heavy (non-hydrogen) atoms. The van der Waals surface area contributed by atoms with Crippen LogP contribution in [0.5, 0.6) is 0 Å². The van der Waals surface area contributed by atoms with Gasteiger partial charge in [-0.3, -0.25) is 4.79 Å². The predicted molar refractivity (Wildman–Crippen MR) is 85.4 cm³/mol. The highest BCUT2D eigenvalue weighted by Gasteiger charge is 2.44. The first kappa shape index (κ1) is 17.0. The highest BCUT2D eigenvalue weighted by molar-refractivity contribution is 7.91. The lowest BCUT2D eigenvalue weighted by molar-refractivity contribution is -0.142. The molecule has 0 N–H and O–H groups in total. The zero-order valence-corrected chi connectivity index (χ0v) is 14.2. The number of hydrogen-bond donors (Lipinski definition) is 0. The average Bonchev–Trinajstić information content (AvgIpc) is 3.31. The van der Waals surface area contributed by atoms with Crippen molar-refractivity contribution < 1.29 is 17.9 Å². The molecule has 0 heterocycles. The van der Waals surface area contributed by atoms with E-state index in [0.29, 0.717) is 10.8 Å². The van der Waals surface area contributed by atoms with Crippen molar-refractivity contribution in [2.75, 3.05) is 12.9 Å². The second-order valence-electron chi connectivity index (χ2n) is 5.94. The molecule has 1 aromatic rings. The number of ether oxygens (including phenoxy) is 1. The summed E-state index contributed by atoms with van der Waals surface area (Å²) >= 11 is 0. The average molecular weight is 324 g/mol. The molecule has 4 nitrogen and oxygen atoms in total. The number of benzene rings is 1. The SMILES string of the molecule is CCC(CC1CC1C(=O)OC)c1cccc(S(=O)(=O)CC)c1. The molecule has 0 amide bonds. The molecule has 1 aromatic carbocycles. The zero-order valence-electron chi connectivity index (χ0n) is 13.4. The van der Waals surface area contributed by atoms with Crippen LogP contribution in [0.4, 0.5) is 0 Å². The maximum atomic E-state index is 12.0. The Morgan fingerprint density at radius 2 is 2.09 bits per heavy atom. The topological polar surface area (TPSA) is 60.4 Å². The summed E-state index contributed by atoms with van der Waals surface area (Å²) in [6, 6.07) is 7.25. The van der Waals surface area contributed by atoms with Gasteiger partial charge in [0.15, 0.2) is 9.84 Å². The summed E-state index contributed by atoms with van der Waals surface area (Å²) in [5.41, 5.74) is 1.05. The maximum absolute atomic E-state index is 12.0. The van der Waals surface area contributed by atoms with E-state index in [1.54, 1.807) is 19.1 Å². The number of hydrogen-bond acceptors (Lipinski definition) is 4. The Kier molecular flexibility index (Phi) is 5.27. The Hall–Kier alpha value is -1.36. The van der Waals surface area contributed by atoms with E-state index in [1.165, 1.54) is 7.11 Å². The summed E-state index contributed by atoms with van der Waals surface area (Å²) in [6.45, 7) is 3.76. The molecule has 0 aliphatic heterocycles. The van der Waals surface area contributed by atoms with Gasteiger partial charge in [-0.25, -0.2) is 8.42 Å². The molecular formula is C17H24O4S. The molecule has 0 saturated heterocycles. The van der Waals surface area contributed by atoms with Crippen LogP contribution in [0.25, 0.3) is 0 Å². The maximum Gasteiger partial charge on any atom is 0.308 e. The van der Waals surface area contributed by atoms with Crippen LogP contribution in [-0.4, -0.2) is 27.2 Å². The van der Waals surface area contributed by atoms with Crippen LogP contribution in [0.15, 0.2) is 29.2 Å². The van der Waals surface area contributed by atoms with Crippen molar-refractivity contribution in [1.82, 2.24) is 0 Å². The van der Waals surface area contributed by atoms with Crippen molar-refractivity contribution in [3.8, 4) is 0 Å². The highest BCUT2D eigenvalue weighted by atomic mass is 32.2. The first-order valence-electron chi connectivity index (χ1n) is 7.83. The Labute approximate surface area is 132 Å². The lowest BCUT2D eigenvalue weighted by Crippen LogP contribution is -2.08. The first-order chi connectivity index (χ1) is 10.4. The van der Waals surface area contributed by atoms with Gasteiger partial charge in [-0.2, -0.15) is 0 Å². The number of sulfone groups is 1. The lowest BCUT2D eigenvalue weighted by atomic mass is 9.91. The molecule has 3 unspecified atom stereocenters. The summed E-state index contributed by atoms with van der Waals surface area (Å²) in [6.07, 6.45) is 2.72. The third-order valence-electron chi connectivity index (χ3n) is 4.58. The van der Waals surface area contributed by atoms with Crippen LogP contribution in [0.3, 0.4) is 0 Å². The van der Waals surface area contributed by atoms with Crippen molar-refractivity contribution in [3.05, 3.63) is 29.8 Å². The fourth-order valence-electron chi connectivity index (χ4n) is 2.98. The van der Waals surface area contributed by atoms with Gasteiger partial charge >= 0.3 is 5.97 Å². The Morgan fingerprint density at radius 3 is 2.68 bits per heavy atom. The number of carbonyl (C=O) groups is 1. The van der Waals surface area contributed by atoms with Crippen LogP contribution in [-0.2, 0) is 19.4 Å². The van der Waals surface area contributed by atoms with Gasteiger partial charge < -0.3 is 4.74 Å². The van der Waals surface area contributed by atoms with Crippen molar-refractivity contribution in [2.45, 2.75) is 43.9 Å². The van der Waals surface area contributed by atoms with Crippen molar-refractivity contribution >= 4 is 15.8 Å². The minimum Gasteiger partial charge on any atom is -0.469 e. The Bertz CT molecular complexity index is 636. The Balaban J connectivity index is 2.12. The number of methoxy groups -OCH3 is 1. The quantitative estimate of drug-likeness (QED) is 0.723. The second-order valence-corrected chi connectivity index (χ2v) is 8.22. The van der Waals surface area contributed by atoms with Gasteiger partial charge in [0.2, 0.25) is 0 Å². The van der Waals surface area contributed by atoms with Crippen LogP contribution in [0.1, 0.15) is 44.6 Å². The van der Waals surface area contributed by atoms with E-state index in [9.17, 15) is 13.2 Å². The Morgan fingerprint density at radius 1 is 1.36 bits per heavy atom. The van der Waals surface area contributed by atoms with E-state index in [0.717, 1.165) is 24.8 Å². The largest absolute Gasteiger partial charge is 0.469 e. The molecular weight excluding hydrogens is 300 g/mol. The smallest absolute Gasteiger partial charge is 0.308 e. The van der Waals surface area contributed by atoms with E-state index >= 15 is 0 Å². The highest BCUT2D eigenvalue weighted by Crippen LogP contribution is 2.46. The summed E-state index contributed by atoms with van der Waals surface area (Å²) in [5, 5.41) is 0. The zero-order chi connectivity index (χ0) is 16.3. The van der Waals surface area contributed by atoms with Crippen LogP contribution >= 0.6 is 0 Å².